The highest BCUT2D eigenvalue weighted by Gasteiger charge is 2.36. The standard InChI is InChI=1S/C18H25FN2O2/c1-13(22)14-7-10-20(11-8-14)17-6-3-9-21(18(17)23)16-5-2-4-15(19)12-16/h2,4-5,12-14,17,22H,3,6-11H2,1H3. The van der Waals surface area contributed by atoms with Gasteiger partial charge in [0.1, 0.15) is 5.82 Å². The van der Waals surface area contributed by atoms with E-state index in [0.717, 1.165) is 38.8 Å². The van der Waals surface area contributed by atoms with E-state index < -0.39 is 0 Å². The maximum atomic E-state index is 13.4. The Kier molecular flexibility index (Phi) is 4.97. The second-order valence-corrected chi connectivity index (χ2v) is 6.74. The average Bonchev–Trinajstić information content (AvgIpc) is 2.55. The van der Waals surface area contributed by atoms with Gasteiger partial charge in [0, 0.05) is 12.2 Å². The molecule has 2 aliphatic heterocycles. The van der Waals surface area contributed by atoms with Crippen molar-refractivity contribution in [1.82, 2.24) is 4.90 Å². The number of hydrogen-bond donors (Lipinski definition) is 1. The Hall–Kier alpha value is -1.46. The predicted octanol–water partition coefficient (Wildman–Crippen LogP) is 2.41. The SMILES string of the molecule is CC(O)C1CCN(C2CCCN(c3cccc(F)c3)C2=O)CC1. The molecule has 1 aromatic rings. The molecule has 0 saturated carbocycles. The zero-order valence-electron chi connectivity index (χ0n) is 13.6. The molecule has 2 saturated heterocycles. The van der Waals surface area contributed by atoms with E-state index in [9.17, 15) is 14.3 Å². The van der Waals surface area contributed by atoms with Crippen molar-refractivity contribution in [2.24, 2.45) is 5.92 Å². The Morgan fingerprint density at radius 1 is 1.22 bits per heavy atom. The van der Waals surface area contributed by atoms with Crippen molar-refractivity contribution in [2.45, 2.75) is 44.8 Å². The molecule has 0 aliphatic carbocycles. The van der Waals surface area contributed by atoms with Crippen LogP contribution in [0, 0.1) is 11.7 Å². The van der Waals surface area contributed by atoms with Crippen molar-refractivity contribution in [1.29, 1.82) is 0 Å². The second kappa shape index (κ2) is 6.97. The number of piperidine rings is 2. The van der Waals surface area contributed by atoms with Crippen molar-refractivity contribution in [3.63, 3.8) is 0 Å². The smallest absolute Gasteiger partial charge is 0.244 e. The van der Waals surface area contributed by atoms with Gasteiger partial charge in [-0.15, -0.1) is 0 Å². The molecule has 2 aliphatic rings. The third kappa shape index (κ3) is 3.56. The lowest BCUT2D eigenvalue weighted by molar-refractivity contribution is -0.126. The minimum atomic E-state index is -0.310. The first-order chi connectivity index (χ1) is 11.1. The number of likely N-dealkylation sites (tertiary alicyclic amines) is 1. The Balaban J connectivity index is 1.68. The number of anilines is 1. The highest BCUT2D eigenvalue weighted by molar-refractivity contribution is 5.97. The molecule has 4 nitrogen and oxygen atoms in total. The van der Waals surface area contributed by atoms with E-state index in [0.29, 0.717) is 18.2 Å². The van der Waals surface area contributed by atoms with Gasteiger partial charge in [0.05, 0.1) is 12.1 Å². The Bertz CT molecular complexity index is 556. The van der Waals surface area contributed by atoms with Gasteiger partial charge in [0.15, 0.2) is 0 Å². The lowest BCUT2D eigenvalue weighted by Crippen LogP contribution is -2.54. The van der Waals surface area contributed by atoms with Crippen LogP contribution in [0.1, 0.15) is 32.6 Å². The summed E-state index contributed by atoms with van der Waals surface area (Å²) >= 11 is 0. The van der Waals surface area contributed by atoms with Crippen molar-refractivity contribution < 1.29 is 14.3 Å². The predicted molar refractivity (Wildman–Crippen MR) is 87.8 cm³/mol. The summed E-state index contributed by atoms with van der Waals surface area (Å²) in [5.74, 6) is 0.108. The highest BCUT2D eigenvalue weighted by atomic mass is 19.1. The number of halogens is 1. The van der Waals surface area contributed by atoms with Crippen LogP contribution >= 0.6 is 0 Å². The van der Waals surface area contributed by atoms with Crippen LogP contribution in [0.15, 0.2) is 24.3 Å². The molecular weight excluding hydrogens is 295 g/mol. The molecule has 1 N–H and O–H groups in total. The van der Waals surface area contributed by atoms with E-state index in [1.54, 1.807) is 17.0 Å². The molecule has 3 rings (SSSR count). The minimum absolute atomic E-state index is 0.0809. The van der Waals surface area contributed by atoms with Crippen LogP contribution in [0.3, 0.4) is 0 Å². The van der Waals surface area contributed by atoms with Gasteiger partial charge in [-0.3, -0.25) is 9.69 Å². The largest absolute Gasteiger partial charge is 0.393 e. The maximum absolute atomic E-state index is 13.4. The molecule has 2 unspecified atom stereocenters. The fraction of sp³-hybridized carbons (Fsp3) is 0.611. The van der Waals surface area contributed by atoms with Crippen LogP contribution in [0.25, 0.3) is 0 Å². The van der Waals surface area contributed by atoms with Crippen molar-refractivity contribution in [2.75, 3.05) is 24.5 Å². The van der Waals surface area contributed by atoms with Crippen molar-refractivity contribution in [3.05, 3.63) is 30.1 Å². The lowest BCUT2D eigenvalue weighted by Gasteiger charge is -2.42. The number of benzene rings is 1. The maximum Gasteiger partial charge on any atom is 0.244 e. The van der Waals surface area contributed by atoms with Crippen molar-refractivity contribution >= 4 is 11.6 Å². The molecular formula is C18H25FN2O2. The third-order valence-electron chi connectivity index (χ3n) is 5.23. The number of aliphatic hydroxyl groups excluding tert-OH is 1. The van der Waals surface area contributed by atoms with Gasteiger partial charge in [-0.2, -0.15) is 0 Å². The first-order valence-corrected chi connectivity index (χ1v) is 8.55. The number of nitrogens with zero attached hydrogens (tertiary/aromatic N) is 2. The second-order valence-electron chi connectivity index (χ2n) is 6.74. The summed E-state index contributed by atoms with van der Waals surface area (Å²) in [5.41, 5.74) is 0.651. The van der Waals surface area contributed by atoms with Gasteiger partial charge >= 0.3 is 0 Å². The third-order valence-corrected chi connectivity index (χ3v) is 5.23. The number of carbonyl (C=O) groups is 1. The Morgan fingerprint density at radius 2 is 1.96 bits per heavy atom. The van der Waals surface area contributed by atoms with E-state index >= 15 is 0 Å². The monoisotopic (exact) mass is 320 g/mol. The first-order valence-electron chi connectivity index (χ1n) is 8.55. The van der Waals surface area contributed by atoms with Gasteiger partial charge in [0.2, 0.25) is 5.91 Å². The van der Waals surface area contributed by atoms with Crippen LogP contribution < -0.4 is 4.90 Å². The fourth-order valence-corrected chi connectivity index (χ4v) is 3.81. The molecule has 0 radical (unpaired) electrons. The molecule has 0 spiro atoms. The van der Waals surface area contributed by atoms with Gasteiger partial charge < -0.3 is 10.0 Å². The Labute approximate surface area is 136 Å². The zero-order chi connectivity index (χ0) is 16.4. The molecule has 126 valence electrons. The summed E-state index contributed by atoms with van der Waals surface area (Å²) in [5, 5.41) is 9.71. The summed E-state index contributed by atoms with van der Waals surface area (Å²) in [6, 6.07) is 6.16. The van der Waals surface area contributed by atoms with Crippen molar-refractivity contribution in [3.8, 4) is 0 Å². The van der Waals surface area contributed by atoms with Crippen LogP contribution in [-0.4, -0.2) is 47.7 Å². The van der Waals surface area contributed by atoms with Crippen LogP contribution in [0.4, 0.5) is 10.1 Å². The topological polar surface area (TPSA) is 43.8 Å². The number of hydrogen-bond acceptors (Lipinski definition) is 3. The fourth-order valence-electron chi connectivity index (χ4n) is 3.81. The van der Waals surface area contributed by atoms with E-state index in [-0.39, 0.29) is 23.9 Å². The number of aliphatic hydroxyl groups is 1. The number of amides is 1. The van der Waals surface area contributed by atoms with E-state index in [4.69, 9.17) is 0 Å². The molecule has 23 heavy (non-hydrogen) atoms. The van der Waals surface area contributed by atoms with E-state index in [1.807, 2.05) is 6.92 Å². The van der Waals surface area contributed by atoms with E-state index in [1.165, 1.54) is 12.1 Å². The number of rotatable bonds is 3. The minimum Gasteiger partial charge on any atom is -0.393 e. The molecule has 2 atom stereocenters. The van der Waals surface area contributed by atoms with Crippen LogP contribution in [-0.2, 0) is 4.79 Å². The molecule has 1 aromatic carbocycles. The molecule has 0 bridgehead atoms. The van der Waals surface area contributed by atoms with E-state index in [2.05, 4.69) is 4.90 Å². The summed E-state index contributed by atoms with van der Waals surface area (Å²) in [6.07, 6.45) is 3.39. The van der Waals surface area contributed by atoms with Gasteiger partial charge in [-0.05, 0) is 69.8 Å². The van der Waals surface area contributed by atoms with Crippen LogP contribution in [0.5, 0.6) is 0 Å². The molecule has 1 amide bonds. The molecule has 0 aromatic heterocycles. The summed E-state index contributed by atoms with van der Waals surface area (Å²) in [7, 11) is 0. The van der Waals surface area contributed by atoms with Gasteiger partial charge in [-0.25, -0.2) is 4.39 Å². The Morgan fingerprint density at radius 3 is 2.61 bits per heavy atom. The zero-order valence-corrected chi connectivity index (χ0v) is 13.6. The lowest BCUT2D eigenvalue weighted by atomic mass is 9.90. The summed E-state index contributed by atoms with van der Waals surface area (Å²) in [4.78, 5) is 16.8. The average molecular weight is 320 g/mol. The molecule has 2 fully saturated rings. The molecule has 5 heteroatoms. The van der Waals surface area contributed by atoms with Gasteiger partial charge in [0.25, 0.3) is 0 Å². The number of carbonyl (C=O) groups excluding carboxylic acids is 1. The first kappa shape index (κ1) is 16.4. The summed E-state index contributed by atoms with van der Waals surface area (Å²) < 4.78 is 13.4. The van der Waals surface area contributed by atoms with Gasteiger partial charge in [-0.1, -0.05) is 6.07 Å². The van der Waals surface area contributed by atoms with Crippen LogP contribution in [0.2, 0.25) is 0 Å². The normalized spacial score (nSPS) is 25.6. The highest BCUT2D eigenvalue weighted by Crippen LogP contribution is 2.28. The quantitative estimate of drug-likeness (QED) is 0.930. The molecule has 2 heterocycles. The summed E-state index contributed by atoms with van der Waals surface area (Å²) in [6.45, 7) is 4.20.